The van der Waals surface area contributed by atoms with Crippen LogP contribution in [0.15, 0.2) is 47.6 Å². The molecular weight excluding hydrogens is 491 g/mol. The smallest absolute Gasteiger partial charge is 0.311 e. The van der Waals surface area contributed by atoms with E-state index in [1.54, 1.807) is 12.1 Å². The van der Waals surface area contributed by atoms with Gasteiger partial charge in [-0.15, -0.1) is 0 Å². The molecular formula is C22H23FN8O6. The van der Waals surface area contributed by atoms with Gasteiger partial charge in [-0.05, 0) is 30.3 Å². The minimum absolute atomic E-state index is 0.0947. The van der Waals surface area contributed by atoms with E-state index >= 15 is 0 Å². The summed E-state index contributed by atoms with van der Waals surface area (Å²) in [6.45, 7) is 3.31. The quantitative estimate of drug-likeness (QED) is 0.205. The number of carbonyl (C=O) groups is 1. The Kier molecular flexibility index (Phi) is 9.15. The van der Waals surface area contributed by atoms with Crippen LogP contribution in [0.5, 0.6) is 5.75 Å². The number of carboxylic acids is 1. The summed E-state index contributed by atoms with van der Waals surface area (Å²) in [7, 11) is 0. The van der Waals surface area contributed by atoms with Gasteiger partial charge in [0.1, 0.15) is 5.82 Å². The van der Waals surface area contributed by atoms with Gasteiger partial charge in [-0.25, -0.2) is 9.82 Å². The maximum Gasteiger partial charge on any atom is 0.311 e. The Balaban J connectivity index is 0.000000886. The van der Waals surface area contributed by atoms with Gasteiger partial charge >= 0.3 is 5.69 Å². The van der Waals surface area contributed by atoms with Gasteiger partial charge in [0.25, 0.3) is 5.97 Å². The lowest BCUT2D eigenvalue weighted by molar-refractivity contribution is -0.385. The van der Waals surface area contributed by atoms with Gasteiger partial charge in [-0.1, -0.05) is 6.07 Å². The van der Waals surface area contributed by atoms with Crippen molar-refractivity contribution in [1.82, 2.24) is 15.0 Å². The average molecular weight is 514 g/mol. The predicted octanol–water partition coefficient (Wildman–Crippen LogP) is 2.74. The van der Waals surface area contributed by atoms with E-state index in [1.807, 2.05) is 4.90 Å². The number of anilines is 4. The van der Waals surface area contributed by atoms with Crippen LogP contribution in [-0.4, -0.2) is 68.6 Å². The largest absolute Gasteiger partial charge is 0.502 e. The molecule has 2 aromatic carbocycles. The summed E-state index contributed by atoms with van der Waals surface area (Å²) in [5, 5.41) is 35.4. The second kappa shape index (κ2) is 12.7. The van der Waals surface area contributed by atoms with Crippen molar-refractivity contribution in [3.8, 4) is 5.75 Å². The maximum atomic E-state index is 13.2. The molecule has 1 fully saturated rings. The molecule has 1 aromatic heterocycles. The van der Waals surface area contributed by atoms with Gasteiger partial charge in [0.15, 0.2) is 0 Å². The highest BCUT2D eigenvalue weighted by Gasteiger charge is 2.17. The summed E-state index contributed by atoms with van der Waals surface area (Å²) in [5.41, 5.74) is 2.94. The number of morpholine rings is 1. The third-order valence-electron chi connectivity index (χ3n) is 4.63. The molecule has 0 radical (unpaired) electrons. The van der Waals surface area contributed by atoms with Gasteiger partial charge in [0.05, 0.1) is 24.4 Å². The second-order valence-electron chi connectivity index (χ2n) is 7.38. The molecule has 37 heavy (non-hydrogen) atoms. The van der Waals surface area contributed by atoms with E-state index in [9.17, 15) is 19.6 Å². The summed E-state index contributed by atoms with van der Waals surface area (Å²) in [6, 6.07) is 9.80. The number of aromatic nitrogens is 3. The zero-order valence-electron chi connectivity index (χ0n) is 19.5. The lowest BCUT2D eigenvalue weighted by Crippen LogP contribution is -2.37. The molecule has 1 saturated heterocycles. The van der Waals surface area contributed by atoms with Crippen LogP contribution in [0.25, 0.3) is 0 Å². The van der Waals surface area contributed by atoms with Crippen molar-refractivity contribution in [2.45, 2.75) is 6.92 Å². The van der Waals surface area contributed by atoms with Crippen LogP contribution < -0.4 is 15.6 Å². The summed E-state index contributed by atoms with van der Waals surface area (Å²) in [6.07, 6.45) is 1.22. The molecule has 2 heterocycles. The van der Waals surface area contributed by atoms with Crippen molar-refractivity contribution in [2.75, 3.05) is 41.9 Å². The number of para-hydroxylation sites is 1. The maximum absolute atomic E-state index is 13.2. The fraction of sp³-hybridized carbons (Fsp3) is 0.227. The number of nitro groups is 1. The molecule has 14 nitrogen and oxygen atoms in total. The number of nitro benzene ring substituents is 1. The normalized spacial score (nSPS) is 13.0. The highest BCUT2D eigenvalue weighted by Crippen LogP contribution is 2.28. The molecule has 4 rings (SSSR count). The molecule has 0 spiro atoms. The van der Waals surface area contributed by atoms with E-state index in [0.29, 0.717) is 37.9 Å². The highest BCUT2D eigenvalue weighted by atomic mass is 19.1. The number of benzene rings is 2. The van der Waals surface area contributed by atoms with Crippen molar-refractivity contribution in [3.05, 3.63) is 64.0 Å². The number of phenolic OH excluding ortho intramolecular Hbond substituents is 1. The monoisotopic (exact) mass is 514 g/mol. The number of carboxylic acid groups (broad SMARTS) is 1. The molecule has 0 unspecified atom stereocenters. The highest BCUT2D eigenvalue weighted by molar-refractivity contribution is 5.85. The third kappa shape index (κ3) is 8.07. The first-order valence-corrected chi connectivity index (χ1v) is 10.8. The lowest BCUT2D eigenvalue weighted by Gasteiger charge is -2.27. The number of nitrogens with zero attached hydrogens (tertiary/aromatic N) is 6. The van der Waals surface area contributed by atoms with Crippen LogP contribution in [0.4, 0.5) is 33.6 Å². The Hall–Kier alpha value is -4.92. The second-order valence-corrected chi connectivity index (χ2v) is 7.38. The molecule has 4 N–H and O–H groups in total. The van der Waals surface area contributed by atoms with E-state index in [2.05, 4.69) is 30.8 Å². The molecule has 0 bridgehead atoms. The van der Waals surface area contributed by atoms with Crippen LogP contribution in [0.3, 0.4) is 0 Å². The molecule has 0 aliphatic carbocycles. The van der Waals surface area contributed by atoms with Gasteiger partial charge in [0, 0.05) is 37.3 Å². The first kappa shape index (κ1) is 26.7. The molecule has 3 aromatic rings. The van der Waals surface area contributed by atoms with Crippen LogP contribution in [0.2, 0.25) is 0 Å². The van der Waals surface area contributed by atoms with Gasteiger partial charge in [-0.3, -0.25) is 14.9 Å². The van der Waals surface area contributed by atoms with Crippen LogP contribution in [-0.2, 0) is 9.53 Å². The summed E-state index contributed by atoms with van der Waals surface area (Å²) < 4.78 is 18.6. The third-order valence-corrected chi connectivity index (χ3v) is 4.63. The van der Waals surface area contributed by atoms with Crippen molar-refractivity contribution in [2.24, 2.45) is 5.10 Å². The van der Waals surface area contributed by atoms with E-state index in [-0.39, 0.29) is 23.3 Å². The lowest BCUT2D eigenvalue weighted by atomic mass is 10.2. The minimum Gasteiger partial charge on any atom is -0.502 e. The van der Waals surface area contributed by atoms with Crippen molar-refractivity contribution in [3.63, 3.8) is 0 Å². The minimum atomic E-state index is -0.833. The fourth-order valence-corrected chi connectivity index (χ4v) is 3.00. The van der Waals surface area contributed by atoms with Crippen LogP contribution in [0, 0.1) is 15.9 Å². The van der Waals surface area contributed by atoms with Crippen LogP contribution >= 0.6 is 0 Å². The molecule has 194 valence electrons. The Bertz CT molecular complexity index is 1260. The van der Waals surface area contributed by atoms with Crippen molar-refractivity contribution in [1.29, 1.82) is 0 Å². The molecule has 0 saturated carbocycles. The number of phenols is 1. The Labute approximate surface area is 209 Å². The molecule has 0 atom stereocenters. The van der Waals surface area contributed by atoms with Gasteiger partial charge < -0.3 is 25.2 Å². The van der Waals surface area contributed by atoms with E-state index in [0.717, 1.165) is 6.92 Å². The van der Waals surface area contributed by atoms with Crippen molar-refractivity contribution < 1.29 is 29.1 Å². The summed E-state index contributed by atoms with van der Waals surface area (Å²) >= 11 is 0. The summed E-state index contributed by atoms with van der Waals surface area (Å²) in [4.78, 5) is 34.3. The predicted molar refractivity (Wildman–Crippen MR) is 132 cm³/mol. The van der Waals surface area contributed by atoms with Crippen LogP contribution in [0.1, 0.15) is 12.5 Å². The number of hydrogen-bond acceptors (Lipinski definition) is 12. The zero-order chi connectivity index (χ0) is 26.8. The average Bonchev–Trinajstić information content (AvgIpc) is 2.86. The SMILES string of the molecule is CC(=O)O.O=[N+]([O-])c1cccc(C=NNc2nc(Nc3ccc(F)cc3)nc(N3CCOCC3)n2)c1O. The van der Waals surface area contributed by atoms with Crippen molar-refractivity contribution >= 4 is 41.4 Å². The number of aliphatic carboxylic acids is 1. The molecule has 0 amide bonds. The molecule has 1 aliphatic heterocycles. The number of ether oxygens (including phenoxy) is 1. The van der Waals surface area contributed by atoms with E-state index in [1.165, 1.54) is 36.5 Å². The van der Waals surface area contributed by atoms with E-state index < -0.39 is 22.3 Å². The first-order valence-electron chi connectivity index (χ1n) is 10.8. The number of hydrazone groups is 1. The summed E-state index contributed by atoms with van der Waals surface area (Å²) in [5.74, 6) is -1.03. The zero-order valence-corrected chi connectivity index (χ0v) is 19.5. The number of nitrogens with one attached hydrogen (secondary N) is 2. The number of aromatic hydroxyl groups is 1. The Morgan fingerprint density at radius 2 is 1.81 bits per heavy atom. The Morgan fingerprint density at radius 3 is 2.46 bits per heavy atom. The molecule has 1 aliphatic rings. The topological polar surface area (TPSA) is 188 Å². The number of hydrogen-bond donors (Lipinski definition) is 4. The Morgan fingerprint density at radius 1 is 1.16 bits per heavy atom. The van der Waals surface area contributed by atoms with Gasteiger partial charge in [-0.2, -0.15) is 20.1 Å². The van der Waals surface area contributed by atoms with E-state index in [4.69, 9.17) is 14.6 Å². The standard InChI is InChI=1S/C20H19FN8O4.C2H4O2/c21-14-4-6-15(7-5-14)23-18-24-19(26-20(25-18)28-8-10-33-11-9-28)27-22-12-13-2-1-3-16(17(13)30)29(31)32;1-2(3)4/h1-7,12,30H,8-11H2,(H2,23,24,25,26,27);1H3,(H,3,4). The first-order chi connectivity index (χ1) is 17.7. The number of halogens is 1. The molecule has 15 heteroatoms. The number of rotatable bonds is 7. The van der Waals surface area contributed by atoms with Gasteiger partial charge in [0.2, 0.25) is 23.6 Å². The fourth-order valence-electron chi connectivity index (χ4n) is 3.00.